The number of hydrogen-bond donors (Lipinski definition) is 4. The minimum Gasteiger partial charge on any atom is -0.504 e. The van der Waals surface area contributed by atoms with Gasteiger partial charge in [-0.15, -0.1) is 0 Å². The summed E-state index contributed by atoms with van der Waals surface area (Å²) in [6.07, 6.45) is 14.6. The molecule has 0 saturated heterocycles. The minimum absolute atomic E-state index is 0.00875. The zero-order valence-corrected chi connectivity index (χ0v) is 28.3. The summed E-state index contributed by atoms with van der Waals surface area (Å²) in [4.78, 5) is 13.0. The average Bonchev–Trinajstić information content (AvgIpc) is 3.01. The van der Waals surface area contributed by atoms with Crippen molar-refractivity contribution >= 4 is 12.0 Å². The lowest BCUT2D eigenvalue weighted by Crippen LogP contribution is -2.66. The van der Waals surface area contributed by atoms with Crippen molar-refractivity contribution in [3.8, 4) is 11.5 Å². The Morgan fingerprint density at radius 3 is 2.36 bits per heavy atom. The first-order valence-corrected chi connectivity index (χ1v) is 17.5. The number of phenolic OH excluding ortho intramolecular Hbond substituents is 2. The van der Waals surface area contributed by atoms with Crippen molar-refractivity contribution in [2.45, 2.75) is 105 Å². The summed E-state index contributed by atoms with van der Waals surface area (Å²) in [6, 6.07) is 4.41. The highest BCUT2D eigenvalue weighted by atomic mass is 16.5. The number of allylic oxidation sites excluding steroid dienone is 2. The Morgan fingerprint density at radius 1 is 0.911 bits per heavy atom. The first kappa shape index (κ1) is 32.6. The van der Waals surface area contributed by atoms with Gasteiger partial charge in [-0.05, 0) is 127 Å². The van der Waals surface area contributed by atoms with Crippen LogP contribution in [0.3, 0.4) is 0 Å². The number of carbonyl (C=O) groups excluding carboxylic acids is 1. The molecule has 0 heterocycles. The quantitative estimate of drug-likeness (QED) is 0.117. The third-order valence-electron chi connectivity index (χ3n) is 15.2. The summed E-state index contributed by atoms with van der Waals surface area (Å²) in [5.74, 6) is 1.48. The second-order valence-electron chi connectivity index (χ2n) is 16.9. The largest absolute Gasteiger partial charge is 0.504 e. The van der Waals surface area contributed by atoms with Crippen LogP contribution in [0, 0.1) is 56.7 Å². The minimum atomic E-state index is -0.550. The van der Waals surface area contributed by atoms with Crippen molar-refractivity contribution in [1.82, 2.24) is 0 Å². The van der Waals surface area contributed by atoms with Gasteiger partial charge in [-0.25, -0.2) is 4.79 Å². The molecule has 6 rings (SSSR count). The van der Waals surface area contributed by atoms with Gasteiger partial charge in [0.1, 0.15) is 6.10 Å². The number of rotatable bonds is 5. The highest BCUT2D eigenvalue weighted by Gasteiger charge is 2.69. The van der Waals surface area contributed by atoms with E-state index in [4.69, 9.17) is 4.74 Å². The van der Waals surface area contributed by atoms with E-state index in [0.29, 0.717) is 42.3 Å². The number of benzene rings is 1. The molecule has 0 aliphatic heterocycles. The zero-order chi connectivity index (χ0) is 32.6. The van der Waals surface area contributed by atoms with Gasteiger partial charge in [0.05, 0.1) is 6.61 Å². The fraction of sp³-hybridized carbons (Fsp3) is 0.718. The molecule has 1 aromatic carbocycles. The summed E-state index contributed by atoms with van der Waals surface area (Å²) in [5.41, 5.74) is 1.93. The third-order valence-corrected chi connectivity index (χ3v) is 15.2. The maximum Gasteiger partial charge on any atom is 0.331 e. The van der Waals surface area contributed by atoms with E-state index in [2.05, 4.69) is 47.6 Å². The molecule has 11 atom stereocenters. The molecule has 6 nitrogen and oxygen atoms in total. The maximum atomic E-state index is 13.0. The lowest BCUT2D eigenvalue weighted by Gasteiger charge is -2.71. The third kappa shape index (κ3) is 4.66. The molecule has 4 saturated carbocycles. The molecule has 0 spiro atoms. The first-order valence-electron chi connectivity index (χ1n) is 17.5. The Labute approximate surface area is 270 Å². The molecule has 5 aliphatic carbocycles. The fourth-order valence-electron chi connectivity index (χ4n) is 12.1. The SMILES string of the molecule is C[C@H]1[C@H](C)CC[C@]2(CO)CC[C@]3(C)C(=CC[C@@H]4[C@@]5(C)CC[C@H](OC(=O)C=Cc6ccc(O)c(O)c6)[C@@](C)(CO)[C@@H]5CC[C@]43C)[C@H]12. The number of ether oxygens (including phenoxy) is 1. The van der Waals surface area contributed by atoms with Crippen LogP contribution in [-0.2, 0) is 9.53 Å². The van der Waals surface area contributed by atoms with E-state index in [1.807, 2.05) is 0 Å². The molecule has 6 heteroatoms. The maximum absolute atomic E-state index is 13.0. The summed E-state index contributed by atoms with van der Waals surface area (Å²) in [6.45, 7) is 14.8. The van der Waals surface area contributed by atoms with Crippen molar-refractivity contribution in [2.24, 2.45) is 56.7 Å². The molecular formula is C39H56O6. The Bertz CT molecular complexity index is 1380. The molecule has 4 N–H and O–H groups in total. The standard InChI is InChI=1S/C39H56O6/c1-24-13-18-39(23-41)20-19-37(5)27(34(39)25(24)2)9-11-31-35(3)16-15-32(36(4,22-40)30(35)14-17-38(31,37)6)45-33(44)12-8-26-7-10-28(42)29(43)21-26/h7-10,12,21,24-25,30-32,34,40-43H,11,13-20,22-23H2,1-6H3/t24-,25+,30-,31-,32+,34+,35+,36+,37-,38-,39-/m1/s1. The van der Waals surface area contributed by atoms with Crippen molar-refractivity contribution < 1.29 is 30.0 Å². The molecule has 1 aromatic rings. The number of phenols is 2. The Morgan fingerprint density at radius 2 is 1.67 bits per heavy atom. The second kappa shape index (κ2) is 11.1. The summed E-state index contributed by atoms with van der Waals surface area (Å²) < 4.78 is 6.11. The molecule has 45 heavy (non-hydrogen) atoms. The number of aromatic hydroxyl groups is 2. The van der Waals surface area contributed by atoms with Gasteiger partial charge in [0, 0.05) is 23.5 Å². The predicted octanol–water partition coefficient (Wildman–Crippen LogP) is 7.65. The van der Waals surface area contributed by atoms with E-state index >= 15 is 0 Å². The van der Waals surface area contributed by atoms with Gasteiger partial charge >= 0.3 is 5.97 Å². The van der Waals surface area contributed by atoms with E-state index in [9.17, 15) is 25.2 Å². The van der Waals surface area contributed by atoms with E-state index in [1.165, 1.54) is 24.6 Å². The Hall–Kier alpha value is -2.31. The average molecular weight is 621 g/mol. The molecule has 0 amide bonds. The topological polar surface area (TPSA) is 107 Å². The number of hydrogen-bond acceptors (Lipinski definition) is 6. The zero-order valence-electron chi connectivity index (χ0n) is 28.3. The highest BCUT2D eigenvalue weighted by Crippen LogP contribution is 2.75. The van der Waals surface area contributed by atoms with Crippen LogP contribution in [0.25, 0.3) is 6.08 Å². The van der Waals surface area contributed by atoms with Gasteiger partial charge < -0.3 is 25.2 Å². The summed E-state index contributed by atoms with van der Waals surface area (Å²) >= 11 is 0. The van der Waals surface area contributed by atoms with Crippen LogP contribution >= 0.6 is 0 Å². The van der Waals surface area contributed by atoms with Crippen LogP contribution in [0.5, 0.6) is 11.5 Å². The molecule has 248 valence electrons. The van der Waals surface area contributed by atoms with Gasteiger partial charge in [-0.1, -0.05) is 59.3 Å². The smallest absolute Gasteiger partial charge is 0.331 e. The van der Waals surface area contributed by atoms with Crippen molar-refractivity contribution in [2.75, 3.05) is 13.2 Å². The van der Waals surface area contributed by atoms with Gasteiger partial charge in [-0.3, -0.25) is 0 Å². The van der Waals surface area contributed by atoms with Crippen molar-refractivity contribution in [1.29, 1.82) is 0 Å². The van der Waals surface area contributed by atoms with Crippen molar-refractivity contribution in [3.63, 3.8) is 0 Å². The number of carbonyl (C=O) groups is 1. The molecule has 0 radical (unpaired) electrons. The van der Waals surface area contributed by atoms with Crippen LogP contribution in [0.15, 0.2) is 35.9 Å². The lowest BCUT2D eigenvalue weighted by molar-refractivity contribution is -0.223. The van der Waals surface area contributed by atoms with E-state index < -0.39 is 11.4 Å². The molecule has 0 aromatic heterocycles. The monoisotopic (exact) mass is 620 g/mol. The molecule has 0 unspecified atom stereocenters. The van der Waals surface area contributed by atoms with Crippen LogP contribution in [-0.4, -0.2) is 45.7 Å². The van der Waals surface area contributed by atoms with E-state index in [0.717, 1.165) is 44.9 Å². The molecule has 5 aliphatic rings. The number of aliphatic hydroxyl groups excluding tert-OH is 2. The normalized spacial score (nSPS) is 45.9. The van der Waals surface area contributed by atoms with Gasteiger partial charge in [0.2, 0.25) is 0 Å². The van der Waals surface area contributed by atoms with Crippen molar-refractivity contribution in [3.05, 3.63) is 41.5 Å². The lowest BCUT2D eigenvalue weighted by atomic mass is 9.33. The second-order valence-corrected chi connectivity index (χ2v) is 16.9. The summed E-state index contributed by atoms with van der Waals surface area (Å²) in [7, 11) is 0. The van der Waals surface area contributed by atoms with Crippen LogP contribution < -0.4 is 0 Å². The fourth-order valence-corrected chi connectivity index (χ4v) is 12.1. The number of fused-ring (bicyclic) bond motifs is 7. The van der Waals surface area contributed by atoms with Crippen LogP contribution in [0.1, 0.15) is 105 Å². The Kier molecular flexibility index (Phi) is 8.08. The van der Waals surface area contributed by atoms with Gasteiger partial charge in [0.25, 0.3) is 0 Å². The predicted molar refractivity (Wildman–Crippen MR) is 176 cm³/mol. The van der Waals surface area contributed by atoms with Crippen LogP contribution in [0.2, 0.25) is 0 Å². The molecule has 0 bridgehead atoms. The number of aliphatic hydroxyl groups is 2. The van der Waals surface area contributed by atoms with E-state index in [1.54, 1.807) is 17.7 Å². The number of esters is 1. The molecular weight excluding hydrogens is 564 g/mol. The van der Waals surface area contributed by atoms with Crippen LogP contribution in [0.4, 0.5) is 0 Å². The highest BCUT2D eigenvalue weighted by molar-refractivity contribution is 5.87. The summed E-state index contributed by atoms with van der Waals surface area (Å²) in [5, 5.41) is 41.2. The van der Waals surface area contributed by atoms with E-state index in [-0.39, 0.29) is 51.8 Å². The first-order chi connectivity index (χ1) is 21.2. The Balaban J connectivity index is 1.27. The van der Waals surface area contributed by atoms with Gasteiger partial charge in [-0.2, -0.15) is 0 Å². The van der Waals surface area contributed by atoms with Gasteiger partial charge in [0.15, 0.2) is 11.5 Å². The molecule has 4 fully saturated rings.